The van der Waals surface area contributed by atoms with E-state index in [-0.39, 0.29) is 5.84 Å². The average molecular weight is 380 g/mol. The van der Waals surface area contributed by atoms with Gasteiger partial charge in [0.2, 0.25) is 0 Å². The van der Waals surface area contributed by atoms with Crippen molar-refractivity contribution in [2.75, 3.05) is 0 Å². The van der Waals surface area contributed by atoms with E-state index in [0.717, 1.165) is 17.7 Å². The molecule has 2 aromatic carbocycles. The van der Waals surface area contributed by atoms with E-state index in [0.29, 0.717) is 5.56 Å². The topological polar surface area (TPSA) is 72.2 Å². The molecule has 140 valence electrons. The van der Waals surface area contributed by atoms with Crippen molar-refractivity contribution in [3.05, 3.63) is 71.0 Å². The van der Waals surface area contributed by atoms with Crippen LogP contribution in [0.1, 0.15) is 21.5 Å². The molecule has 3 N–H and O–H groups in total. The fourth-order valence-electron chi connectivity index (χ4n) is 2.59. The Morgan fingerprint density at radius 3 is 2.33 bits per heavy atom. The van der Waals surface area contributed by atoms with Gasteiger partial charge in [0.25, 0.3) is 11.7 Å². The zero-order valence-corrected chi connectivity index (χ0v) is 13.9. The predicted octanol–water partition coefficient (Wildman–Crippen LogP) is 0.780. The molecule has 1 atom stereocenters. The summed E-state index contributed by atoms with van der Waals surface area (Å²) >= 11 is 0. The van der Waals surface area contributed by atoms with Crippen molar-refractivity contribution < 1.29 is 32.1 Å². The summed E-state index contributed by atoms with van der Waals surface area (Å²) in [5, 5.41) is 3.70. The smallest absolute Gasteiger partial charge is 0.293 e. The van der Waals surface area contributed by atoms with Gasteiger partial charge in [0.05, 0.1) is 11.1 Å². The van der Waals surface area contributed by atoms with E-state index in [4.69, 9.17) is 0 Å². The molecule has 1 aliphatic heterocycles. The van der Waals surface area contributed by atoms with Gasteiger partial charge < -0.3 is 0 Å². The summed E-state index contributed by atoms with van der Waals surface area (Å²) in [4.78, 5) is 26.5. The number of hydrogen-bond acceptors (Lipinski definition) is 2. The fraction of sp³-hybridized carbons (Fsp3) is 0.167. The van der Waals surface area contributed by atoms with Crippen LogP contribution in [0.2, 0.25) is 0 Å². The maximum Gasteiger partial charge on any atom is 0.465 e. The minimum Gasteiger partial charge on any atom is -0.293 e. The van der Waals surface area contributed by atoms with E-state index in [1.165, 1.54) is 24.3 Å². The van der Waals surface area contributed by atoms with Crippen molar-refractivity contribution in [2.24, 2.45) is 0 Å². The van der Waals surface area contributed by atoms with E-state index in [1.54, 1.807) is 24.4 Å². The Kier molecular flexibility index (Phi) is 4.46. The van der Waals surface area contributed by atoms with Crippen LogP contribution in [0.5, 0.6) is 0 Å². The lowest BCUT2D eigenvalue weighted by atomic mass is 10.1. The van der Waals surface area contributed by atoms with Gasteiger partial charge in [0, 0.05) is 0 Å². The number of amides is 2. The maximum atomic E-state index is 13.8. The third-order valence-electron chi connectivity index (χ3n) is 4.08. The third-order valence-corrected chi connectivity index (χ3v) is 4.08. The highest BCUT2D eigenvalue weighted by Gasteiger charge is 2.70. The van der Waals surface area contributed by atoms with Crippen LogP contribution in [0, 0.1) is 12.7 Å². The highest BCUT2D eigenvalue weighted by molar-refractivity contribution is 6.11. The summed E-state index contributed by atoms with van der Waals surface area (Å²) < 4.78 is 55.0. The van der Waals surface area contributed by atoms with Gasteiger partial charge in [-0.1, -0.05) is 29.8 Å². The van der Waals surface area contributed by atoms with Gasteiger partial charge in [-0.3, -0.25) is 10.1 Å². The Bertz CT molecular complexity index is 938. The molecule has 1 heterocycles. The standard InChI is InChI=1S/C18H13F4N3O2/c1-10-6-8-11(9-7-10)14-23-16(27)17(24-14,18(20,21)22)25-15(26)12-4-2-3-5-13(12)19/h2-9H,1H3,(H,25,26)(H,23,24,27)/p+1/t17-/m0/s1. The lowest BCUT2D eigenvalue weighted by molar-refractivity contribution is -0.580. The van der Waals surface area contributed by atoms with Crippen molar-refractivity contribution in [1.29, 1.82) is 0 Å². The van der Waals surface area contributed by atoms with Crippen LogP contribution >= 0.6 is 0 Å². The second-order valence-corrected chi connectivity index (χ2v) is 6.00. The number of carbonyl (C=O) groups excluding carboxylic acids is 2. The van der Waals surface area contributed by atoms with Gasteiger partial charge >= 0.3 is 17.7 Å². The Morgan fingerprint density at radius 1 is 1.11 bits per heavy atom. The van der Waals surface area contributed by atoms with Crippen LogP contribution in [-0.2, 0) is 4.79 Å². The quantitative estimate of drug-likeness (QED) is 0.689. The number of alkyl halides is 3. The Balaban J connectivity index is 2.03. The summed E-state index contributed by atoms with van der Waals surface area (Å²) in [7, 11) is 0. The molecule has 1 aliphatic rings. The van der Waals surface area contributed by atoms with E-state index >= 15 is 0 Å². The molecular formula is C18H14F4N3O2+. The van der Waals surface area contributed by atoms with Gasteiger partial charge in [-0.05, 0) is 31.2 Å². The zero-order chi connectivity index (χ0) is 19.8. The van der Waals surface area contributed by atoms with Crippen molar-refractivity contribution in [3.8, 4) is 0 Å². The number of carbonyl (C=O) groups is 2. The normalized spacial score (nSPS) is 19.4. The molecule has 2 amide bonds. The molecular weight excluding hydrogens is 366 g/mol. The van der Waals surface area contributed by atoms with E-state index in [2.05, 4.69) is 5.32 Å². The Labute approximate surface area is 151 Å². The molecule has 27 heavy (non-hydrogen) atoms. The molecule has 0 saturated heterocycles. The van der Waals surface area contributed by atoms with Crippen LogP contribution in [0.25, 0.3) is 0 Å². The van der Waals surface area contributed by atoms with E-state index in [9.17, 15) is 27.2 Å². The largest absolute Gasteiger partial charge is 0.465 e. The van der Waals surface area contributed by atoms with E-state index in [1.807, 2.05) is 4.99 Å². The summed E-state index contributed by atoms with van der Waals surface area (Å²) in [5.74, 6) is -4.12. The van der Waals surface area contributed by atoms with E-state index < -0.39 is 35.0 Å². The minimum atomic E-state index is -5.19. The Hall–Kier alpha value is -3.23. The first kappa shape index (κ1) is 18.6. The molecule has 2 aromatic rings. The SMILES string of the molecule is Cc1ccc(C2=[NH+][C@@](NC(=O)c3ccccc3F)(C(F)(F)F)C(=O)N2)cc1. The highest BCUT2D eigenvalue weighted by Crippen LogP contribution is 2.27. The number of halogens is 4. The highest BCUT2D eigenvalue weighted by atomic mass is 19.4. The number of hydrogen-bond donors (Lipinski definition) is 3. The molecule has 0 spiro atoms. The molecule has 9 heteroatoms. The van der Waals surface area contributed by atoms with Crippen molar-refractivity contribution in [3.63, 3.8) is 0 Å². The first-order valence-corrected chi connectivity index (χ1v) is 7.81. The first-order chi connectivity index (χ1) is 12.6. The molecule has 0 fully saturated rings. The molecule has 0 aliphatic carbocycles. The molecule has 0 aromatic heterocycles. The second-order valence-electron chi connectivity index (χ2n) is 6.00. The lowest BCUT2D eigenvalue weighted by Crippen LogP contribution is -2.96. The molecule has 0 unspecified atom stereocenters. The number of aryl methyl sites for hydroxylation is 1. The predicted molar refractivity (Wildman–Crippen MR) is 87.0 cm³/mol. The van der Waals surface area contributed by atoms with Gasteiger partial charge in [-0.15, -0.1) is 0 Å². The van der Waals surface area contributed by atoms with Gasteiger partial charge in [0.1, 0.15) is 5.82 Å². The molecule has 0 radical (unpaired) electrons. The van der Waals surface area contributed by atoms with Crippen LogP contribution in [0.3, 0.4) is 0 Å². The van der Waals surface area contributed by atoms with Crippen LogP contribution in [0.15, 0.2) is 48.5 Å². The molecule has 5 nitrogen and oxygen atoms in total. The van der Waals surface area contributed by atoms with Crippen LogP contribution in [0.4, 0.5) is 17.6 Å². The minimum absolute atomic E-state index is 0.217. The van der Waals surface area contributed by atoms with Crippen molar-refractivity contribution >= 4 is 17.6 Å². The lowest BCUT2D eigenvalue weighted by Gasteiger charge is -2.23. The van der Waals surface area contributed by atoms with Crippen molar-refractivity contribution in [2.45, 2.75) is 18.8 Å². The summed E-state index contributed by atoms with van der Waals surface area (Å²) in [5.41, 5.74) is -2.87. The van der Waals surface area contributed by atoms with Crippen LogP contribution < -0.4 is 15.6 Å². The zero-order valence-electron chi connectivity index (χ0n) is 13.9. The molecule has 0 bridgehead atoms. The fourth-order valence-corrected chi connectivity index (χ4v) is 2.59. The van der Waals surface area contributed by atoms with Gasteiger partial charge in [-0.2, -0.15) is 13.2 Å². The van der Waals surface area contributed by atoms with Gasteiger partial charge in [-0.25, -0.2) is 19.5 Å². The monoisotopic (exact) mass is 380 g/mol. The summed E-state index contributed by atoms with van der Waals surface area (Å²) in [6.07, 6.45) is -5.19. The third kappa shape index (κ3) is 3.27. The number of rotatable bonds is 3. The summed E-state index contributed by atoms with van der Waals surface area (Å²) in [6, 6.07) is 10.9. The second kappa shape index (κ2) is 6.49. The number of benzene rings is 2. The van der Waals surface area contributed by atoms with Crippen molar-refractivity contribution in [1.82, 2.24) is 10.6 Å². The Morgan fingerprint density at radius 2 is 1.74 bits per heavy atom. The first-order valence-electron chi connectivity index (χ1n) is 7.81. The molecule has 0 saturated carbocycles. The summed E-state index contributed by atoms with van der Waals surface area (Å²) in [6.45, 7) is 1.80. The number of amidine groups is 1. The average Bonchev–Trinajstić information content (AvgIpc) is 2.93. The van der Waals surface area contributed by atoms with Gasteiger partial charge in [0.15, 0.2) is 0 Å². The molecule has 3 rings (SSSR count). The number of nitrogens with one attached hydrogen (secondary N) is 3. The van der Waals surface area contributed by atoms with Crippen LogP contribution in [-0.4, -0.2) is 29.5 Å². The maximum absolute atomic E-state index is 13.8.